The van der Waals surface area contributed by atoms with E-state index in [-0.39, 0.29) is 30.8 Å². The first-order valence-corrected chi connectivity index (χ1v) is 11.2. The van der Waals surface area contributed by atoms with Gasteiger partial charge in [0.2, 0.25) is 0 Å². The average molecular weight is 482 g/mol. The quantitative estimate of drug-likeness (QED) is 0.245. The lowest BCUT2D eigenvalue weighted by Crippen LogP contribution is -2.77. The number of aromatic hydroxyl groups is 1. The number of esters is 1. The predicted octanol–water partition coefficient (Wildman–Crippen LogP) is -2.04. The van der Waals surface area contributed by atoms with Crippen molar-refractivity contribution in [1.82, 2.24) is 0 Å². The van der Waals surface area contributed by atoms with Gasteiger partial charge in [0.05, 0.1) is 23.7 Å². The minimum Gasteiger partial charge on any atom is -0.508 e. The summed E-state index contributed by atoms with van der Waals surface area (Å²) in [7, 11) is 0. The van der Waals surface area contributed by atoms with Crippen LogP contribution in [0.2, 0.25) is 0 Å². The van der Waals surface area contributed by atoms with Crippen LogP contribution in [0.3, 0.4) is 0 Å². The number of carbonyl (C=O) groups excluding carboxylic acids is 1. The molecular weight excluding hydrogens is 456 g/mol. The average Bonchev–Trinajstić information content (AvgIpc) is 3.02. The zero-order valence-electron chi connectivity index (χ0n) is 17.9. The highest BCUT2D eigenvalue weighted by Gasteiger charge is 2.91. The van der Waals surface area contributed by atoms with Crippen molar-refractivity contribution in [2.45, 2.75) is 67.3 Å². The van der Waals surface area contributed by atoms with Gasteiger partial charge >= 0.3 is 5.97 Å². The molecule has 3 aliphatic carbocycles. The lowest BCUT2D eigenvalue weighted by molar-refractivity contribution is -0.403. The molecule has 0 unspecified atom stereocenters. The lowest BCUT2D eigenvalue weighted by atomic mass is 9.44. The molecule has 1 aromatic rings. The molecule has 0 spiro atoms. The number of ether oxygens (including phenoxy) is 5. The van der Waals surface area contributed by atoms with E-state index in [0.29, 0.717) is 0 Å². The minimum absolute atomic E-state index is 0.000898. The van der Waals surface area contributed by atoms with Crippen LogP contribution in [0.1, 0.15) is 23.2 Å². The summed E-state index contributed by atoms with van der Waals surface area (Å²) < 4.78 is 29.1. The second-order valence-corrected chi connectivity index (χ2v) is 9.75. The molecule has 186 valence electrons. The number of hydrogen-bond donors (Lipinski definition) is 6. The Morgan fingerprint density at radius 2 is 1.79 bits per heavy atom. The van der Waals surface area contributed by atoms with Crippen LogP contribution in [0.5, 0.6) is 5.75 Å². The molecule has 6 bridgehead atoms. The molecule has 4 saturated heterocycles. The Balaban J connectivity index is 1.27. The van der Waals surface area contributed by atoms with Crippen molar-refractivity contribution in [3.63, 3.8) is 0 Å². The second kappa shape index (κ2) is 7.32. The van der Waals surface area contributed by atoms with Crippen LogP contribution in [-0.2, 0) is 23.7 Å². The van der Waals surface area contributed by atoms with Crippen LogP contribution >= 0.6 is 0 Å². The molecule has 1 aromatic carbocycles. The van der Waals surface area contributed by atoms with Gasteiger partial charge in [0, 0.05) is 12.3 Å². The van der Waals surface area contributed by atoms with Gasteiger partial charge in [-0.2, -0.15) is 0 Å². The van der Waals surface area contributed by atoms with Crippen molar-refractivity contribution in [3.05, 3.63) is 29.8 Å². The molecule has 3 saturated carbocycles. The fourth-order valence-corrected chi connectivity index (χ4v) is 6.41. The number of rotatable bonds is 6. The van der Waals surface area contributed by atoms with Crippen molar-refractivity contribution in [3.8, 4) is 5.75 Å². The molecule has 0 radical (unpaired) electrons. The van der Waals surface area contributed by atoms with E-state index in [0.717, 1.165) is 0 Å². The SMILES string of the molecule is O=C(OC[C@@]12[C@@H]3O[C@@H]4C[C@@](O)(O3)[C@@H]1C[C@]42O[C@@H]1O[C@@H](CO)[C@H](O)[C@H](O)[C@@H]1O)c1ccc(O)cc1. The third-order valence-electron chi connectivity index (χ3n) is 8.20. The molecule has 12 heteroatoms. The van der Waals surface area contributed by atoms with E-state index in [2.05, 4.69) is 0 Å². The van der Waals surface area contributed by atoms with Gasteiger partial charge in [0.25, 0.3) is 0 Å². The maximum absolute atomic E-state index is 12.7. The van der Waals surface area contributed by atoms with Gasteiger partial charge in [-0.1, -0.05) is 0 Å². The zero-order valence-corrected chi connectivity index (χ0v) is 17.9. The number of hydrogen-bond acceptors (Lipinski definition) is 12. The molecular formula is C22H26O12. The lowest BCUT2D eigenvalue weighted by Gasteiger charge is -2.64. The molecule has 4 heterocycles. The monoisotopic (exact) mass is 482 g/mol. The van der Waals surface area contributed by atoms with Crippen LogP contribution in [0.15, 0.2) is 24.3 Å². The van der Waals surface area contributed by atoms with Gasteiger partial charge in [-0.3, -0.25) is 0 Å². The molecule has 6 N–H and O–H groups in total. The maximum atomic E-state index is 12.7. The van der Waals surface area contributed by atoms with E-state index in [9.17, 15) is 35.4 Å². The van der Waals surface area contributed by atoms with Crippen molar-refractivity contribution >= 4 is 5.97 Å². The Bertz CT molecular complexity index is 985. The third kappa shape index (κ3) is 2.71. The summed E-state index contributed by atoms with van der Waals surface area (Å²) in [5.74, 6) is -2.62. The van der Waals surface area contributed by atoms with Gasteiger partial charge in [0.1, 0.15) is 42.4 Å². The van der Waals surface area contributed by atoms with E-state index < -0.39 is 78.4 Å². The number of carbonyl (C=O) groups is 1. The number of aliphatic hydroxyl groups is 5. The van der Waals surface area contributed by atoms with Gasteiger partial charge in [-0.25, -0.2) is 4.79 Å². The van der Waals surface area contributed by atoms with Crippen LogP contribution in [0.4, 0.5) is 0 Å². The maximum Gasteiger partial charge on any atom is 0.338 e. The Kier molecular flexibility index (Phi) is 4.86. The van der Waals surface area contributed by atoms with Crippen molar-refractivity contribution < 1.29 is 59.1 Å². The molecule has 7 aliphatic rings. The van der Waals surface area contributed by atoms with Crippen LogP contribution in [0, 0.1) is 11.3 Å². The van der Waals surface area contributed by atoms with Crippen molar-refractivity contribution in [2.75, 3.05) is 13.2 Å². The molecule has 0 aromatic heterocycles. The minimum atomic E-state index is -1.62. The first kappa shape index (κ1) is 22.6. The summed E-state index contributed by atoms with van der Waals surface area (Å²) in [4.78, 5) is 12.7. The van der Waals surface area contributed by atoms with Gasteiger partial charge in [-0.15, -0.1) is 0 Å². The Morgan fingerprint density at radius 1 is 1.06 bits per heavy atom. The molecule has 34 heavy (non-hydrogen) atoms. The first-order valence-electron chi connectivity index (χ1n) is 11.2. The molecule has 8 rings (SSSR count). The van der Waals surface area contributed by atoms with E-state index in [4.69, 9.17) is 23.7 Å². The normalized spacial score (nSPS) is 50.3. The van der Waals surface area contributed by atoms with Crippen molar-refractivity contribution in [1.29, 1.82) is 0 Å². The van der Waals surface area contributed by atoms with E-state index >= 15 is 0 Å². The zero-order chi connectivity index (χ0) is 24.0. The summed E-state index contributed by atoms with van der Waals surface area (Å²) in [5, 5.41) is 60.7. The Hall–Kier alpha value is -1.87. The number of benzene rings is 1. The summed E-state index contributed by atoms with van der Waals surface area (Å²) >= 11 is 0. The number of phenols is 1. The third-order valence-corrected chi connectivity index (χ3v) is 8.20. The van der Waals surface area contributed by atoms with E-state index in [1.54, 1.807) is 0 Å². The summed E-state index contributed by atoms with van der Waals surface area (Å²) in [6, 6.07) is 5.53. The van der Waals surface area contributed by atoms with E-state index in [1.807, 2.05) is 0 Å². The number of phenolic OH excluding ortho intramolecular Hbond substituents is 1. The van der Waals surface area contributed by atoms with Crippen LogP contribution in [0.25, 0.3) is 0 Å². The molecule has 11 atom stereocenters. The van der Waals surface area contributed by atoms with Gasteiger partial charge in [-0.05, 0) is 30.7 Å². The Morgan fingerprint density at radius 3 is 2.50 bits per heavy atom. The van der Waals surface area contributed by atoms with E-state index in [1.165, 1.54) is 24.3 Å². The topological polar surface area (TPSA) is 185 Å². The standard InChI is InChI=1S/C22H26O12/c23-7-11-14(25)15(26)16(27)18(31-11)33-21-5-12-20(21,19-32-13(21)6-22(12,29)34-19)8-30-17(28)9-1-3-10(24)4-2-9/h1-4,11-16,18-19,23-27,29H,5-8H2/t11-,12+,13+,14-,15-,16-,18-,19+,20-,21-,22+/m0/s1. The predicted molar refractivity (Wildman–Crippen MR) is 106 cm³/mol. The van der Waals surface area contributed by atoms with Crippen LogP contribution in [-0.4, -0.2) is 104 Å². The van der Waals surface area contributed by atoms with Crippen molar-refractivity contribution in [2.24, 2.45) is 11.3 Å². The Labute approximate surface area is 193 Å². The summed E-state index contributed by atoms with van der Waals surface area (Å²) in [6.45, 7) is -0.834. The highest BCUT2D eigenvalue weighted by molar-refractivity contribution is 5.89. The highest BCUT2D eigenvalue weighted by atomic mass is 16.8. The summed E-state index contributed by atoms with van der Waals surface area (Å²) in [6.07, 6.45) is -8.61. The first-order chi connectivity index (χ1) is 16.1. The molecule has 12 nitrogen and oxygen atoms in total. The molecule has 7 fully saturated rings. The highest BCUT2D eigenvalue weighted by Crippen LogP contribution is 2.78. The number of aliphatic hydroxyl groups excluding tert-OH is 4. The fourth-order valence-electron chi connectivity index (χ4n) is 6.41. The second-order valence-electron chi connectivity index (χ2n) is 9.75. The molecule has 4 aliphatic heterocycles. The molecule has 0 amide bonds. The van der Waals surface area contributed by atoms with Gasteiger partial charge < -0.3 is 54.3 Å². The van der Waals surface area contributed by atoms with Crippen LogP contribution < -0.4 is 0 Å². The smallest absolute Gasteiger partial charge is 0.338 e. The van der Waals surface area contributed by atoms with Gasteiger partial charge in [0.15, 0.2) is 18.4 Å². The fraction of sp³-hybridized carbons (Fsp3) is 0.682. The largest absolute Gasteiger partial charge is 0.508 e. The summed E-state index contributed by atoms with van der Waals surface area (Å²) in [5.41, 5.74) is -2.06.